The molecule has 0 bridgehead atoms. The van der Waals surface area contributed by atoms with Crippen LogP contribution in [0, 0.1) is 0 Å². The second-order valence-electron chi connectivity index (χ2n) is 9.67. The Morgan fingerprint density at radius 1 is 1.00 bits per heavy atom. The van der Waals surface area contributed by atoms with Gasteiger partial charge in [0.2, 0.25) is 15.9 Å². The molecule has 0 radical (unpaired) electrons. The first-order valence-electron chi connectivity index (χ1n) is 11.8. The molecule has 1 amide bonds. The molecule has 0 aromatic heterocycles. The lowest BCUT2D eigenvalue weighted by molar-refractivity contribution is -0.117. The van der Waals surface area contributed by atoms with Crippen LogP contribution >= 0.6 is 0 Å². The molecule has 1 aliphatic carbocycles. The van der Waals surface area contributed by atoms with Gasteiger partial charge in [0.25, 0.3) is 0 Å². The quantitative estimate of drug-likeness (QED) is 0.690. The first kappa shape index (κ1) is 24.1. The molecular weight excluding hydrogens is 412 g/mol. The van der Waals surface area contributed by atoms with Crippen LogP contribution in [0.3, 0.4) is 0 Å². The van der Waals surface area contributed by atoms with Crippen molar-refractivity contribution in [3.63, 3.8) is 0 Å². The van der Waals surface area contributed by atoms with E-state index in [1.807, 2.05) is 13.8 Å². The highest BCUT2D eigenvalue weighted by Crippen LogP contribution is 2.38. The molecule has 0 spiro atoms. The lowest BCUT2D eigenvalue weighted by Gasteiger charge is -2.39. The number of carbonyl (C=O) groups is 1. The summed E-state index contributed by atoms with van der Waals surface area (Å²) in [6.07, 6.45) is 12.6. The van der Waals surface area contributed by atoms with Crippen LogP contribution in [-0.4, -0.2) is 32.5 Å². The Morgan fingerprint density at radius 3 is 2.10 bits per heavy atom. The Labute approximate surface area is 187 Å². The summed E-state index contributed by atoms with van der Waals surface area (Å²) in [6.45, 7) is 5.72. The summed E-state index contributed by atoms with van der Waals surface area (Å²) in [5, 5.41) is 0. The third-order valence-electron chi connectivity index (χ3n) is 6.26. The molecule has 3 rings (SSSR count). The van der Waals surface area contributed by atoms with Gasteiger partial charge in [-0.1, -0.05) is 57.8 Å². The lowest BCUT2D eigenvalue weighted by Crippen LogP contribution is -2.48. The Morgan fingerprint density at radius 2 is 1.55 bits per heavy atom. The van der Waals surface area contributed by atoms with E-state index in [2.05, 4.69) is 4.72 Å². The van der Waals surface area contributed by atoms with Gasteiger partial charge in [-0.15, -0.1) is 0 Å². The van der Waals surface area contributed by atoms with Crippen LogP contribution < -0.4 is 14.4 Å². The standard InChI is InChI=1S/C24H38N2O4S/c1-19(27)26-18-24(2,3)30-23-16-15-21(17-22(23)26)31(28,29)25-20-13-11-9-7-5-4-6-8-10-12-14-20/h15-17,20,25H,4-14,18H2,1-3H3. The van der Waals surface area contributed by atoms with Crippen molar-refractivity contribution in [2.24, 2.45) is 0 Å². The van der Waals surface area contributed by atoms with Crippen molar-refractivity contribution >= 4 is 21.6 Å². The van der Waals surface area contributed by atoms with Crippen LogP contribution in [0.25, 0.3) is 0 Å². The van der Waals surface area contributed by atoms with E-state index in [0.29, 0.717) is 18.0 Å². The first-order valence-corrected chi connectivity index (χ1v) is 13.3. The second kappa shape index (κ2) is 10.3. The predicted molar refractivity (Wildman–Crippen MR) is 124 cm³/mol. The van der Waals surface area contributed by atoms with Gasteiger partial charge in [0, 0.05) is 13.0 Å². The Kier molecular flexibility index (Phi) is 8.03. The minimum Gasteiger partial charge on any atom is -0.484 e. The minimum absolute atomic E-state index is 0.0421. The maximum absolute atomic E-state index is 13.2. The van der Waals surface area contributed by atoms with Crippen LogP contribution in [0.1, 0.15) is 91.4 Å². The number of sulfonamides is 1. The van der Waals surface area contributed by atoms with Gasteiger partial charge in [0.15, 0.2) is 0 Å². The van der Waals surface area contributed by atoms with Crippen molar-refractivity contribution in [2.75, 3.05) is 11.4 Å². The van der Waals surface area contributed by atoms with Gasteiger partial charge in [-0.05, 0) is 44.9 Å². The van der Waals surface area contributed by atoms with E-state index >= 15 is 0 Å². The monoisotopic (exact) mass is 450 g/mol. The SMILES string of the molecule is CC(=O)N1CC(C)(C)Oc2ccc(S(=O)(=O)NC3CCCCCCCCCCC3)cc21. The lowest BCUT2D eigenvalue weighted by atomic mass is 9.98. The fraction of sp³-hybridized carbons (Fsp3) is 0.708. The summed E-state index contributed by atoms with van der Waals surface area (Å²) in [7, 11) is -3.68. The molecule has 1 aromatic carbocycles. The maximum Gasteiger partial charge on any atom is 0.240 e. The molecule has 1 heterocycles. The highest BCUT2D eigenvalue weighted by molar-refractivity contribution is 7.89. The molecule has 174 valence electrons. The van der Waals surface area contributed by atoms with Crippen LogP contribution in [0.4, 0.5) is 5.69 Å². The number of fused-ring (bicyclic) bond motifs is 1. The van der Waals surface area contributed by atoms with Gasteiger partial charge < -0.3 is 9.64 Å². The summed E-state index contributed by atoms with van der Waals surface area (Å²) >= 11 is 0. The number of ether oxygens (including phenoxy) is 1. The molecule has 6 nitrogen and oxygen atoms in total. The summed E-state index contributed by atoms with van der Waals surface area (Å²) < 4.78 is 35.4. The van der Waals surface area contributed by atoms with Gasteiger partial charge in [-0.3, -0.25) is 4.79 Å². The zero-order chi connectivity index (χ0) is 22.5. The molecule has 2 aliphatic rings. The number of amides is 1. The molecule has 1 fully saturated rings. The Bertz CT molecular complexity index is 854. The molecule has 1 N–H and O–H groups in total. The topological polar surface area (TPSA) is 75.7 Å². The van der Waals surface area contributed by atoms with E-state index in [9.17, 15) is 13.2 Å². The number of benzene rings is 1. The zero-order valence-corrected chi connectivity index (χ0v) is 20.1. The number of hydrogen-bond acceptors (Lipinski definition) is 4. The predicted octanol–water partition coefficient (Wildman–Crippen LogP) is 5.16. The number of nitrogens with one attached hydrogen (secondary N) is 1. The van der Waals surface area contributed by atoms with Crippen LogP contribution in [0.5, 0.6) is 5.75 Å². The molecule has 31 heavy (non-hydrogen) atoms. The van der Waals surface area contributed by atoms with Crippen LogP contribution in [0.2, 0.25) is 0 Å². The molecule has 7 heteroatoms. The third kappa shape index (κ3) is 6.69. The number of rotatable bonds is 3. The van der Waals surface area contributed by atoms with Crippen molar-refractivity contribution in [3.05, 3.63) is 18.2 Å². The largest absolute Gasteiger partial charge is 0.484 e. The van der Waals surface area contributed by atoms with E-state index in [1.54, 1.807) is 23.1 Å². The molecular formula is C24H38N2O4S. The number of hydrogen-bond donors (Lipinski definition) is 1. The summed E-state index contributed by atoms with van der Waals surface area (Å²) in [4.78, 5) is 14.0. The smallest absolute Gasteiger partial charge is 0.240 e. The number of nitrogens with zero attached hydrogens (tertiary/aromatic N) is 1. The molecule has 1 saturated carbocycles. The van der Waals surface area contributed by atoms with Crippen molar-refractivity contribution in [1.29, 1.82) is 0 Å². The fourth-order valence-corrected chi connectivity index (χ4v) is 5.93. The van der Waals surface area contributed by atoms with Gasteiger partial charge >= 0.3 is 0 Å². The molecule has 0 saturated heterocycles. The van der Waals surface area contributed by atoms with Crippen molar-refractivity contribution < 1.29 is 17.9 Å². The van der Waals surface area contributed by atoms with Crippen LogP contribution in [0.15, 0.2) is 23.1 Å². The molecule has 0 atom stereocenters. The molecule has 0 unspecified atom stereocenters. The highest BCUT2D eigenvalue weighted by Gasteiger charge is 2.34. The normalized spacial score (nSPS) is 21.3. The highest BCUT2D eigenvalue weighted by atomic mass is 32.2. The van der Waals surface area contributed by atoms with Crippen molar-refractivity contribution in [1.82, 2.24) is 4.72 Å². The zero-order valence-electron chi connectivity index (χ0n) is 19.3. The van der Waals surface area contributed by atoms with Crippen molar-refractivity contribution in [3.8, 4) is 5.75 Å². The van der Waals surface area contributed by atoms with Gasteiger partial charge in [-0.25, -0.2) is 13.1 Å². The fourth-order valence-electron chi connectivity index (χ4n) is 4.61. The van der Waals surface area contributed by atoms with E-state index in [1.165, 1.54) is 39.0 Å². The van der Waals surface area contributed by atoms with E-state index in [0.717, 1.165) is 38.5 Å². The van der Waals surface area contributed by atoms with Crippen LogP contribution in [-0.2, 0) is 14.8 Å². The Balaban J connectivity index is 1.77. The average molecular weight is 451 g/mol. The third-order valence-corrected chi connectivity index (χ3v) is 7.78. The maximum atomic E-state index is 13.2. The minimum atomic E-state index is -3.68. The molecule has 1 aliphatic heterocycles. The Hall–Kier alpha value is -1.60. The average Bonchev–Trinajstić information content (AvgIpc) is 2.68. The van der Waals surface area contributed by atoms with Gasteiger partial charge in [0.05, 0.1) is 17.1 Å². The second-order valence-corrected chi connectivity index (χ2v) is 11.4. The summed E-state index contributed by atoms with van der Waals surface area (Å²) in [5.74, 6) is 0.413. The van der Waals surface area contributed by atoms with Crippen molar-refractivity contribution in [2.45, 2.75) is 108 Å². The number of carbonyl (C=O) groups excluding carboxylic acids is 1. The molecule has 1 aromatic rings. The summed E-state index contributed by atoms with van der Waals surface area (Å²) in [5.41, 5.74) is -0.00117. The van der Waals surface area contributed by atoms with Gasteiger partial charge in [0.1, 0.15) is 11.4 Å². The van der Waals surface area contributed by atoms with E-state index < -0.39 is 15.6 Å². The first-order chi connectivity index (χ1) is 14.7. The number of anilines is 1. The van der Waals surface area contributed by atoms with Gasteiger partial charge in [-0.2, -0.15) is 0 Å². The van der Waals surface area contributed by atoms with E-state index in [4.69, 9.17) is 4.74 Å². The van der Waals surface area contributed by atoms with E-state index in [-0.39, 0.29) is 16.8 Å². The summed E-state index contributed by atoms with van der Waals surface area (Å²) in [6, 6.07) is 4.78.